The zero-order valence-electron chi connectivity index (χ0n) is 13.0. The summed E-state index contributed by atoms with van der Waals surface area (Å²) in [4.78, 5) is 12.0. The van der Waals surface area contributed by atoms with E-state index in [-0.39, 0.29) is 0 Å². The first-order valence-electron chi connectivity index (χ1n) is 7.71. The summed E-state index contributed by atoms with van der Waals surface area (Å²) in [5, 5.41) is 5.47. The number of nitrogens with zero attached hydrogens (tertiary/aromatic N) is 3. The molecule has 1 fully saturated rings. The molecule has 3 aromatic rings. The Hall–Kier alpha value is -2.18. The Bertz CT molecular complexity index is 826. The molecule has 1 aliphatic heterocycles. The molecule has 118 valence electrons. The molecular weight excluding hydrogens is 308 g/mol. The highest BCUT2D eigenvalue weighted by Crippen LogP contribution is 2.34. The summed E-state index contributed by atoms with van der Waals surface area (Å²) in [5.74, 6) is 2.56. The van der Waals surface area contributed by atoms with Crippen LogP contribution in [-0.4, -0.2) is 43.3 Å². The Morgan fingerprint density at radius 2 is 1.96 bits per heavy atom. The second-order valence-corrected chi connectivity index (χ2v) is 6.36. The Morgan fingerprint density at radius 1 is 1.13 bits per heavy atom. The summed E-state index contributed by atoms with van der Waals surface area (Å²) in [6, 6.07) is 9.97. The lowest BCUT2D eigenvalue weighted by Gasteiger charge is -2.29. The number of benzene rings is 1. The molecule has 0 saturated carbocycles. The number of ether oxygens (including phenoxy) is 1. The molecule has 6 heteroatoms. The molecule has 0 atom stereocenters. The molecule has 23 heavy (non-hydrogen) atoms. The molecule has 0 aliphatic carbocycles. The average molecular weight is 326 g/mol. The summed E-state index contributed by atoms with van der Waals surface area (Å²) < 4.78 is 6.64. The van der Waals surface area contributed by atoms with E-state index >= 15 is 0 Å². The number of methoxy groups -OCH3 is 1. The Morgan fingerprint density at radius 3 is 2.78 bits per heavy atom. The van der Waals surface area contributed by atoms with Crippen LogP contribution in [0.2, 0.25) is 0 Å². The van der Waals surface area contributed by atoms with Crippen LogP contribution in [0, 0.1) is 0 Å². The molecule has 0 spiro atoms. The molecule has 4 rings (SSSR count). The smallest absolute Gasteiger partial charge is 0.165 e. The number of hydrogen-bond donors (Lipinski definition) is 1. The lowest BCUT2D eigenvalue weighted by atomic mass is 10.2. The van der Waals surface area contributed by atoms with Gasteiger partial charge in [0.2, 0.25) is 0 Å². The lowest BCUT2D eigenvalue weighted by molar-refractivity contribution is 0.416. The maximum Gasteiger partial charge on any atom is 0.165 e. The second kappa shape index (κ2) is 6.14. The van der Waals surface area contributed by atoms with E-state index in [2.05, 4.69) is 21.7 Å². The maximum atomic E-state index is 5.48. The van der Waals surface area contributed by atoms with Gasteiger partial charge in [-0.05, 0) is 23.6 Å². The highest BCUT2D eigenvalue weighted by Gasteiger charge is 2.19. The minimum absolute atomic E-state index is 0.724. The number of thiophene rings is 1. The number of nitrogens with one attached hydrogen (secondary N) is 1. The van der Waals surface area contributed by atoms with Crippen LogP contribution >= 0.6 is 11.3 Å². The number of piperazine rings is 1. The van der Waals surface area contributed by atoms with Crippen LogP contribution in [0.25, 0.3) is 21.6 Å². The summed E-state index contributed by atoms with van der Waals surface area (Å²) in [5.41, 5.74) is 1.93. The van der Waals surface area contributed by atoms with Crippen molar-refractivity contribution in [3.63, 3.8) is 0 Å². The van der Waals surface area contributed by atoms with E-state index in [9.17, 15) is 0 Å². The predicted molar refractivity (Wildman–Crippen MR) is 94.5 cm³/mol. The zero-order valence-corrected chi connectivity index (χ0v) is 13.8. The first-order chi connectivity index (χ1) is 11.4. The van der Waals surface area contributed by atoms with E-state index < -0.39 is 0 Å². The van der Waals surface area contributed by atoms with Crippen molar-refractivity contribution in [2.24, 2.45) is 0 Å². The van der Waals surface area contributed by atoms with Crippen molar-refractivity contribution in [3.05, 3.63) is 35.7 Å². The summed E-state index contributed by atoms with van der Waals surface area (Å²) in [6.45, 7) is 3.91. The van der Waals surface area contributed by atoms with Gasteiger partial charge in [0.05, 0.1) is 22.9 Å². The third-order valence-corrected chi connectivity index (χ3v) is 4.95. The first kappa shape index (κ1) is 14.4. The van der Waals surface area contributed by atoms with E-state index in [0.717, 1.165) is 59.4 Å². The van der Waals surface area contributed by atoms with Crippen LogP contribution in [-0.2, 0) is 0 Å². The van der Waals surface area contributed by atoms with Gasteiger partial charge in [-0.25, -0.2) is 9.97 Å². The van der Waals surface area contributed by atoms with Gasteiger partial charge in [-0.3, -0.25) is 0 Å². The van der Waals surface area contributed by atoms with Crippen molar-refractivity contribution in [1.82, 2.24) is 15.3 Å². The molecule has 3 heterocycles. The minimum Gasteiger partial charge on any atom is -0.496 e. The van der Waals surface area contributed by atoms with Gasteiger partial charge in [0.15, 0.2) is 11.6 Å². The van der Waals surface area contributed by atoms with Crippen LogP contribution in [0.4, 0.5) is 5.82 Å². The molecule has 1 saturated heterocycles. The van der Waals surface area contributed by atoms with Gasteiger partial charge in [-0.2, -0.15) is 0 Å². The van der Waals surface area contributed by atoms with Gasteiger partial charge in [0.25, 0.3) is 0 Å². The molecule has 1 aromatic carbocycles. The highest BCUT2D eigenvalue weighted by molar-refractivity contribution is 7.17. The fraction of sp³-hybridized carbons (Fsp3) is 0.294. The van der Waals surface area contributed by atoms with Gasteiger partial charge in [-0.15, -0.1) is 11.3 Å². The van der Waals surface area contributed by atoms with Crippen LogP contribution in [0.15, 0.2) is 35.7 Å². The topological polar surface area (TPSA) is 50.3 Å². The molecule has 0 amide bonds. The van der Waals surface area contributed by atoms with E-state index in [0.29, 0.717) is 0 Å². The van der Waals surface area contributed by atoms with Crippen molar-refractivity contribution in [2.45, 2.75) is 0 Å². The first-order valence-corrected chi connectivity index (χ1v) is 8.59. The Balaban J connectivity index is 1.87. The quantitative estimate of drug-likeness (QED) is 0.802. The largest absolute Gasteiger partial charge is 0.496 e. The molecule has 0 unspecified atom stereocenters. The molecule has 5 nitrogen and oxygen atoms in total. The van der Waals surface area contributed by atoms with E-state index in [1.807, 2.05) is 24.3 Å². The summed E-state index contributed by atoms with van der Waals surface area (Å²) in [7, 11) is 1.68. The second-order valence-electron chi connectivity index (χ2n) is 5.44. The van der Waals surface area contributed by atoms with Crippen molar-refractivity contribution in [1.29, 1.82) is 0 Å². The fourth-order valence-electron chi connectivity index (χ4n) is 2.89. The summed E-state index contributed by atoms with van der Waals surface area (Å²) in [6.07, 6.45) is 0. The van der Waals surface area contributed by atoms with Gasteiger partial charge in [0, 0.05) is 26.2 Å². The monoisotopic (exact) mass is 326 g/mol. The minimum atomic E-state index is 0.724. The van der Waals surface area contributed by atoms with Crippen LogP contribution in [0.5, 0.6) is 5.75 Å². The highest BCUT2D eigenvalue weighted by atomic mass is 32.1. The Labute approximate surface area is 138 Å². The number of rotatable bonds is 3. The fourth-order valence-corrected chi connectivity index (χ4v) is 3.74. The Kier molecular flexibility index (Phi) is 3.85. The molecule has 1 aliphatic rings. The molecule has 1 N–H and O–H groups in total. The van der Waals surface area contributed by atoms with Crippen molar-refractivity contribution >= 4 is 27.4 Å². The molecular formula is C17H18N4OS. The normalized spacial score (nSPS) is 15.1. The number of hydrogen-bond acceptors (Lipinski definition) is 6. The van der Waals surface area contributed by atoms with Crippen molar-refractivity contribution in [2.75, 3.05) is 38.2 Å². The number of para-hydroxylation sites is 1. The van der Waals surface area contributed by atoms with E-state index in [1.54, 1.807) is 18.4 Å². The predicted octanol–water partition coefficient (Wildman–Crippen LogP) is 2.78. The zero-order chi connectivity index (χ0) is 15.6. The van der Waals surface area contributed by atoms with Crippen LogP contribution in [0.1, 0.15) is 0 Å². The third kappa shape index (κ3) is 2.64. The van der Waals surface area contributed by atoms with E-state index in [1.165, 1.54) is 0 Å². The number of aromatic nitrogens is 2. The average Bonchev–Trinajstić information content (AvgIpc) is 3.10. The van der Waals surface area contributed by atoms with E-state index in [4.69, 9.17) is 14.7 Å². The SMILES string of the molecule is COc1ccccc1-c1nc(N2CCNCC2)c2sccc2n1. The van der Waals surface area contributed by atoms with Gasteiger partial charge in [0.1, 0.15) is 5.75 Å². The molecule has 0 radical (unpaired) electrons. The van der Waals surface area contributed by atoms with Crippen molar-refractivity contribution in [3.8, 4) is 17.1 Å². The standard InChI is InChI=1S/C17H18N4OS/c1-22-14-5-3-2-4-12(14)16-19-13-6-11-23-15(13)17(20-16)21-9-7-18-8-10-21/h2-6,11,18H,7-10H2,1H3. The third-order valence-electron chi connectivity index (χ3n) is 4.05. The molecule has 2 aromatic heterocycles. The maximum absolute atomic E-state index is 5.48. The van der Waals surface area contributed by atoms with Crippen LogP contribution < -0.4 is 15.0 Å². The van der Waals surface area contributed by atoms with Gasteiger partial charge in [-0.1, -0.05) is 12.1 Å². The molecule has 0 bridgehead atoms. The van der Waals surface area contributed by atoms with Gasteiger partial charge >= 0.3 is 0 Å². The van der Waals surface area contributed by atoms with Gasteiger partial charge < -0.3 is 15.0 Å². The van der Waals surface area contributed by atoms with Crippen LogP contribution in [0.3, 0.4) is 0 Å². The number of fused-ring (bicyclic) bond motifs is 1. The number of anilines is 1. The lowest BCUT2D eigenvalue weighted by Crippen LogP contribution is -2.44. The van der Waals surface area contributed by atoms with Crippen molar-refractivity contribution < 1.29 is 4.74 Å². The summed E-state index contributed by atoms with van der Waals surface area (Å²) >= 11 is 1.70.